The summed E-state index contributed by atoms with van der Waals surface area (Å²) in [4.78, 5) is 15.8. The molecule has 1 rings (SSSR count). The summed E-state index contributed by atoms with van der Waals surface area (Å²) in [7, 11) is 1.72. The first kappa shape index (κ1) is 19.4. The maximum absolute atomic E-state index is 11.8. The fourth-order valence-electron chi connectivity index (χ4n) is 1.58. The molecule has 5 nitrogen and oxygen atoms in total. The van der Waals surface area contributed by atoms with Crippen LogP contribution < -0.4 is 16.0 Å². The molecule has 0 saturated carbocycles. The smallest absolute Gasteiger partial charge is 0.251 e. The van der Waals surface area contributed by atoms with Crippen molar-refractivity contribution in [3.05, 3.63) is 48.6 Å². The second-order valence-corrected chi connectivity index (χ2v) is 4.14. The quantitative estimate of drug-likeness (QED) is 0.214. The largest absolute Gasteiger partial charge is 0.356 e. The third-order valence-corrected chi connectivity index (χ3v) is 2.60. The highest BCUT2D eigenvalue weighted by molar-refractivity contribution is 14.0. The lowest BCUT2D eigenvalue weighted by molar-refractivity contribution is 0.0953. The molecule has 0 aliphatic rings. The van der Waals surface area contributed by atoms with E-state index in [0.29, 0.717) is 18.7 Å². The molecule has 1 amide bonds. The van der Waals surface area contributed by atoms with Crippen molar-refractivity contribution in [3.8, 4) is 0 Å². The van der Waals surface area contributed by atoms with Gasteiger partial charge in [0.05, 0.1) is 0 Å². The van der Waals surface area contributed by atoms with E-state index in [1.165, 1.54) is 0 Å². The molecule has 0 heterocycles. The molecule has 1 aromatic rings. The number of aliphatic imine (C=N–C) groups is 1. The van der Waals surface area contributed by atoms with Crippen LogP contribution in [0.3, 0.4) is 0 Å². The Balaban J connectivity index is 0.00000400. The summed E-state index contributed by atoms with van der Waals surface area (Å²) in [6.07, 6.45) is 2.60. The molecule has 0 fully saturated rings. The Morgan fingerprint density at radius 3 is 2.48 bits per heavy atom. The minimum Gasteiger partial charge on any atom is -0.356 e. The number of rotatable bonds is 7. The van der Waals surface area contributed by atoms with E-state index in [1.807, 2.05) is 18.2 Å². The van der Waals surface area contributed by atoms with Gasteiger partial charge in [0.2, 0.25) is 0 Å². The maximum atomic E-state index is 11.8. The number of hydrogen-bond donors (Lipinski definition) is 3. The van der Waals surface area contributed by atoms with Gasteiger partial charge in [-0.25, -0.2) is 0 Å². The van der Waals surface area contributed by atoms with Gasteiger partial charge in [-0.2, -0.15) is 0 Å². The van der Waals surface area contributed by atoms with Crippen molar-refractivity contribution in [1.82, 2.24) is 16.0 Å². The van der Waals surface area contributed by atoms with Gasteiger partial charge in [0.15, 0.2) is 5.96 Å². The summed E-state index contributed by atoms with van der Waals surface area (Å²) < 4.78 is 0. The lowest BCUT2D eigenvalue weighted by Crippen LogP contribution is -2.38. The van der Waals surface area contributed by atoms with Gasteiger partial charge in [-0.05, 0) is 18.6 Å². The maximum Gasteiger partial charge on any atom is 0.251 e. The monoisotopic (exact) mass is 402 g/mol. The lowest BCUT2D eigenvalue weighted by atomic mass is 10.2. The van der Waals surface area contributed by atoms with Crippen LogP contribution >= 0.6 is 24.0 Å². The zero-order valence-corrected chi connectivity index (χ0v) is 14.6. The molecule has 0 radical (unpaired) electrons. The summed E-state index contributed by atoms with van der Waals surface area (Å²) >= 11 is 0. The number of carbonyl (C=O) groups excluding carboxylic acids is 1. The second-order valence-electron chi connectivity index (χ2n) is 4.14. The highest BCUT2D eigenvalue weighted by Gasteiger charge is 2.02. The molecule has 0 spiro atoms. The molecule has 0 saturated heterocycles. The molecule has 0 aliphatic carbocycles. The SMILES string of the molecule is C=CCNC(=NC)NCCCNC(=O)c1ccccc1.I. The van der Waals surface area contributed by atoms with Gasteiger partial charge in [-0.15, -0.1) is 30.6 Å². The van der Waals surface area contributed by atoms with E-state index in [2.05, 4.69) is 27.5 Å². The van der Waals surface area contributed by atoms with Crippen LogP contribution in [0.2, 0.25) is 0 Å². The van der Waals surface area contributed by atoms with Gasteiger partial charge in [0, 0.05) is 32.2 Å². The molecule has 21 heavy (non-hydrogen) atoms. The second kappa shape index (κ2) is 12.2. The summed E-state index contributed by atoms with van der Waals surface area (Å²) in [5, 5.41) is 9.11. The minimum absolute atomic E-state index is 0. The standard InChI is InChI=1S/C15H22N4O.HI/c1-3-10-18-15(16-2)19-12-7-11-17-14(20)13-8-5-4-6-9-13;/h3-6,8-9H,1,7,10-12H2,2H3,(H,17,20)(H2,16,18,19);1H. The average Bonchev–Trinajstić information content (AvgIpc) is 2.50. The third-order valence-electron chi connectivity index (χ3n) is 2.60. The zero-order chi connectivity index (χ0) is 14.6. The van der Waals surface area contributed by atoms with Crippen LogP contribution in [0.15, 0.2) is 48.0 Å². The van der Waals surface area contributed by atoms with Crippen molar-refractivity contribution < 1.29 is 4.79 Å². The lowest BCUT2D eigenvalue weighted by Gasteiger charge is -2.10. The van der Waals surface area contributed by atoms with Crippen molar-refractivity contribution in [1.29, 1.82) is 0 Å². The molecule has 0 unspecified atom stereocenters. The number of hydrogen-bond acceptors (Lipinski definition) is 2. The van der Waals surface area contributed by atoms with Crippen LogP contribution in [0, 0.1) is 0 Å². The Morgan fingerprint density at radius 2 is 1.86 bits per heavy atom. The van der Waals surface area contributed by atoms with Crippen LogP contribution in [0.5, 0.6) is 0 Å². The zero-order valence-electron chi connectivity index (χ0n) is 12.3. The molecule has 0 bridgehead atoms. The van der Waals surface area contributed by atoms with E-state index in [9.17, 15) is 4.79 Å². The van der Waals surface area contributed by atoms with E-state index in [1.54, 1.807) is 25.3 Å². The molecular formula is C15H23IN4O. The molecular weight excluding hydrogens is 379 g/mol. The van der Waals surface area contributed by atoms with Gasteiger partial charge < -0.3 is 16.0 Å². The van der Waals surface area contributed by atoms with Gasteiger partial charge in [0.1, 0.15) is 0 Å². The van der Waals surface area contributed by atoms with Crippen LogP contribution in [-0.2, 0) is 0 Å². The molecule has 1 aromatic carbocycles. The number of guanidine groups is 1. The van der Waals surface area contributed by atoms with E-state index in [-0.39, 0.29) is 29.9 Å². The van der Waals surface area contributed by atoms with Gasteiger partial charge >= 0.3 is 0 Å². The van der Waals surface area contributed by atoms with Gasteiger partial charge in [0.25, 0.3) is 5.91 Å². The first-order chi connectivity index (χ1) is 9.77. The minimum atomic E-state index is -0.0419. The van der Waals surface area contributed by atoms with Crippen LogP contribution in [0.1, 0.15) is 16.8 Å². The number of halogens is 1. The Kier molecular flexibility index (Phi) is 11.3. The van der Waals surface area contributed by atoms with Crippen LogP contribution in [0.4, 0.5) is 0 Å². The van der Waals surface area contributed by atoms with E-state index in [0.717, 1.165) is 18.9 Å². The molecule has 116 valence electrons. The highest BCUT2D eigenvalue weighted by Crippen LogP contribution is 1.97. The molecule has 0 atom stereocenters. The predicted octanol–water partition coefficient (Wildman–Crippen LogP) is 1.78. The number of amides is 1. The van der Waals surface area contributed by atoms with E-state index < -0.39 is 0 Å². The van der Waals surface area contributed by atoms with Crippen LogP contribution in [0.25, 0.3) is 0 Å². The van der Waals surface area contributed by atoms with Crippen molar-refractivity contribution in [2.45, 2.75) is 6.42 Å². The molecule has 0 aromatic heterocycles. The first-order valence-electron chi connectivity index (χ1n) is 6.66. The fraction of sp³-hybridized carbons (Fsp3) is 0.333. The summed E-state index contributed by atoms with van der Waals surface area (Å²) in [5.74, 6) is 0.694. The number of carbonyl (C=O) groups is 1. The van der Waals surface area contributed by atoms with Gasteiger partial charge in [-0.1, -0.05) is 24.3 Å². The number of nitrogens with zero attached hydrogens (tertiary/aromatic N) is 1. The normalized spacial score (nSPS) is 10.2. The Bertz CT molecular complexity index is 448. The van der Waals surface area contributed by atoms with Crippen molar-refractivity contribution in [2.24, 2.45) is 4.99 Å². The topological polar surface area (TPSA) is 65.5 Å². The van der Waals surface area contributed by atoms with Crippen LogP contribution in [-0.4, -0.2) is 38.5 Å². The number of benzene rings is 1. The Hall–Kier alpha value is -1.57. The Labute approximate surface area is 143 Å². The predicted molar refractivity (Wildman–Crippen MR) is 98.4 cm³/mol. The third kappa shape index (κ3) is 8.34. The molecule has 3 N–H and O–H groups in total. The summed E-state index contributed by atoms with van der Waals surface area (Å²) in [6, 6.07) is 9.20. The summed E-state index contributed by atoms with van der Waals surface area (Å²) in [6.45, 7) is 5.67. The fourth-order valence-corrected chi connectivity index (χ4v) is 1.58. The molecule has 6 heteroatoms. The average molecular weight is 402 g/mol. The van der Waals surface area contributed by atoms with Crippen molar-refractivity contribution in [3.63, 3.8) is 0 Å². The molecule has 0 aliphatic heterocycles. The first-order valence-corrected chi connectivity index (χ1v) is 6.66. The van der Waals surface area contributed by atoms with E-state index in [4.69, 9.17) is 0 Å². The highest BCUT2D eigenvalue weighted by atomic mass is 127. The Morgan fingerprint density at radius 1 is 1.19 bits per heavy atom. The number of nitrogens with one attached hydrogen (secondary N) is 3. The van der Waals surface area contributed by atoms with Crippen molar-refractivity contribution >= 4 is 35.8 Å². The van der Waals surface area contributed by atoms with Gasteiger partial charge in [-0.3, -0.25) is 9.79 Å². The van der Waals surface area contributed by atoms with Crippen molar-refractivity contribution in [2.75, 3.05) is 26.7 Å². The summed E-state index contributed by atoms with van der Waals surface area (Å²) in [5.41, 5.74) is 0.684. The van der Waals surface area contributed by atoms with E-state index >= 15 is 0 Å².